The van der Waals surface area contributed by atoms with E-state index < -0.39 is 0 Å². The van der Waals surface area contributed by atoms with Gasteiger partial charge in [-0.05, 0) is 37.6 Å². The van der Waals surface area contributed by atoms with Crippen LogP contribution in [-0.2, 0) is 4.79 Å². The average Bonchev–Trinajstić information content (AvgIpc) is 2.48. The summed E-state index contributed by atoms with van der Waals surface area (Å²) in [5.41, 5.74) is 3.44. The van der Waals surface area contributed by atoms with Crippen LogP contribution in [0.2, 0.25) is 0 Å². The third-order valence-corrected chi connectivity index (χ3v) is 3.10. The molecule has 0 radical (unpaired) electrons. The number of nitrogens with one attached hydrogen (secondary N) is 2. The zero-order valence-corrected chi connectivity index (χ0v) is 12.1. The quantitative estimate of drug-likeness (QED) is 0.905. The first-order valence-corrected chi connectivity index (χ1v) is 6.76. The lowest BCUT2D eigenvalue weighted by Gasteiger charge is -2.10. The summed E-state index contributed by atoms with van der Waals surface area (Å²) in [6.07, 6.45) is 0. The number of aryl methyl sites for hydroxylation is 2. The molecule has 0 unspecified atom stereocenters. The summed E-state index contributed by atoms with van der Waals surface area (Å²) < 4.78 is 0. The molecular formula is C17H18N2O2. The molecule has 4 heteroatoms. The Hall–Kier alpha value is -2.62. The second-order valence-corrected chi connectivity index (χ2v) is 4.92. The van der Waals surface area contributed by atoms with Crippen LogP contribution in [0.4, 0.5) is 5.69 Å². The highest BCUT2D eigenvalue weighted by Gasteiger charge is 2.08. The number of benzene rings is 2. The van der Waals surface area contributed by atoms with Gasteiger partial charge in [0.05, 0.1) is 6.54 Å². The topological polar surface area (TPSA) is 58.2 Å². The van der Waals surface area contributed by atoms with Crippen molar-refractivity contribution in [1.29, 1.82) is 0 Å². The smallest absolute Gasteiger partial charge is 0.251 e. The van der Waals surface area contributed by atoms with E-state index in [0.717, 1.165) is 16.8 Å². The maximum atomic E-state index is 11.9. The first-order chi connectivity index (χ1) is 10.1. The third kappa shape index (κ3) is 4.18. The molecule has 0 heterocycles. The Bertz CT molecular complexity index is 651. The van der Waals surface area contributed by atoms with Crippen molar-refractivity contribution in [1.82, 2.24) is 5.32 Å². The minimum absolute atomic E-state index is 0.0545. The lowest BCUT2D eigenvalue weighted by Crippen LogP contribution is -2.32. The van der Waals surface area contributed by atoms with Gasteiger partial charge in [-0.1, -0.05) is 35.9 Å². The summed E-state index contributed by atoms with van der Waals surface area (Å²) in [5.74, 6) is -0.502. The number of anilines is 1. The van der Waals surface area contributed by atoms with Crippen molar-refractivity contribution in [3.05, 3.63) is 65.2 Å². The number of carbonyl (C=O) groups excluding carboxylic acids is 2. The van der Waals surface area contributed by atoms with Gasteiger partial charge in [0.15, 0.2) is 0 Å². The van der Waals surface area contributed by atoms with E-state index in [2.05, 4.69) is 10.6 Å². The summed E-state index contributed by atoms with van der Waals surface area (Å²) in [7, 11) is 0. The van der Waals surface area contributed by atoms with Gasteiger partial charge in [0.1, 0.15) is 0 Å². The van der Waals surface area contributed by atoms with Gasteiger partial charge in [0, 0.05) is 11.3 Å². The third-order valence-electron chi connectivity index (χ3n) is 3.10. The molecule has 2 aromatic carbocycles. The Morgan fingerprint density at radius 1 is 1.00 bits per heavy atom. The van der Waals surface area contributed by atoms with Gasteiger partial charge in [-0.2, -0.15) is 0 Å². The van der Waals surface area contributed by atoms with E-state index in [4.69, 9.17) is 0 Å². The van der Waals surface area contributed by atoms with Crippen molar-refractivity contribution in [2.75, 3.05) is 11.9 Å². The fourth-order valence-corrected chi connectivity index (χ4v) is 2.00. The van der Waals surface area contributed by atoms with Crippen molar-refractivity contribution in [2.24, 2.45) is 0 Å². The molecule has 0 aliphatic carbocycles. The molecule has 2 N–H and O–H groups in total. The van der Waals surface area contributed by atoms with Crippen LogP contribution in [0.25, 0.3) is 0 Å². The summed E-state index contributed by atoms with van der Waals surface area (Å²) in [6.45, 7) is 3.88. The van der Waals surface area contributed by atoms with Gasteiger partial charge in [0.25, 0.3) is 5.91 Å². The predicted molar refractivity (Wildman–Crippen MR) is 83.3 cm³/mol. The van der Waals surface area contributed by atoms with Gasteiger partial charge in [-0.3, -0.25) is 9.59 Å². The van der Waals surface area contributed by atoms with Crippen molar-refractivity contribution in [2.45, 2.75) is 13.8 Å². The predicted octanol–water partition coefficient (Wildman–Crippen LogP) is 2.67. The molecule has 0 aliphatic heterocycles. The van der Waals surface area contributed by atoms with Crippen LogP contribution in [0.5, 0.6) is 0 Å². The molecule has 0 saturated carbocycles. The highest BCUT2D eigenvalue weighted by Crippen LogP contribution is 2.15. The molecule has 2 aromatic rings. The SMILES string of the molecule is Cc1ccc(NC(=O)CNC(=O)c2ccccc2)c(C)c1. The zero-order valence-electron chi connectivity index (χ0n) is 12.1. The molecule has 0 aliphatic rings. The fourth-order valence-electron chi connectivity index (χ4n) is 2.00. The minimum atomic E-state index is -0.258. The molecule has 0 bridgehead atoms. The maximum Gasteiger partial charge on any atom is 0.251 e. The fraction of sp³-hybridized carbons (Fsp3) is 0.176. The van der Waals surface area contributed by atoms with Crippen LogP contribution < -0.4 is 10.6 Å². The first kappa shape index (κ1) is 14.8. The van der Waals surface area contributed by atoms with Gasteiger partial charge in [-0.25, -0.2) is 0 Å². The van der Waals surface area contributed by atoms with E-state index in [-0.39, 0.29) is 18.4 Å². The van der Waals surface area contributed by atoms with Crippen molar-refractivity contribution < 1.29 is 9.59 Å². The molecule has 0 atom stereocenters. The number of carbonyl (C=O) groups is 2. The Morgan fingerprint density at radius 3 is 2.38 bits per heavy atom. The van der Waals surface area contributed by atoms with E-state index in [9.17, 15) is 9.59 Å². The van der Waals surface area contributed by atoms with Crippen LogP contribution >= 0.6 is 0 Å². The van der Waals surface area contributed by atoms with Gasteiger partial charge >= 0.3 is 0 Å². The lowest BCUT2D eigenvalue weighted by molar-refractivity contribution is -0.115. The molecule has 0 spiro atoms. The normalized spacial score (nSPS) is 10.0. The van der Waals surface area contributed by atoms with E-state index >= 15 is 0 Å². The maximum absolute atomic E-state index is 11.9. The molecule has 21 heavy (non-hydrogen) atoms. The summed E-state index contributed by atoms with van der Waals surface area (Å²) >= 11 is 0. The lowest BCUT2D eigenvalue weighted by atomic mass is 10.1. The van der Waals surface area contributed by atoms with E-state index in [1.165, 1.54) is 0 Å². The highest BCUT2D eigenvalue weighted by molar-refractivity contribution is 5.99. The van der Waals surface area contributed by atoms with Crippen LogP contribution in [0.15, 0.2) is 48.5 Å². The Kier molecular flexibility index (Phi) is 4.72. The summed E-state index contributed by atoms with van der Waals surface area (Å²) in [6, 6.07) is 14.6. The molecular weight excluding hydrogens is 264 g/mol. The molecule has 108 valence electrons. The van der Waals surface area contributed by atoms with E-state index in [1.54, 1.807) is 24.3 Å². The molecule has 0 aromatic heterocycles. The monoisotopic (exact) mass is 282 g/mol. The van der Waals surface area contributed by atoms with Gasteiger partial charge in [-0.15, -0.1) is 0 Å². The van der Waals surface area contributed by atoms with Gasteiger partial charge in [0.2, 0.25) is 5.91 Å². The van der Waals surface area contributed by atoms with Crippen molar-refractivity contribution in [3.63, 3.8) is 0 Å². The Labute approximate surface area is 124 Å². The number of rotatable bonds is 4. The van der Waals surface area contributed by atoms with Crippen LogP contribution in [0.1, 0.15) is 21.5 Å². The molecule has 0 fully saturated rings. The average molecular weight is 282 g/mol. The Morgan fingerprint density at radius 2 is 1.71 bits per heavy atom. The standard InChI is InChI=1S/C17H18N2O2/c1-12-8-9-15(13(2)10-12)19-16(20)11-18-17(21)14-6-4-3-5-7-14/h3-10H,11H2,1-2H3,(H,18,21)(H,19,20). The molecule has 2 amide bonds. The summed E-state index contributed by atoms with van der Waals surface area (Å²) in [4.78, 5) is 23.7. The highest BCUT2D eigenvalue weighted by atomic mass is 16.2. The van der Waals surface area contributed by atoms with Crippen LogP contribution in [-0.4, -0.2) is 18.4 Å². The molecule has 0 saturated heterocycles. The van der Waals surface area contributed by atoms with Crippen molar-refractivity contribution in [3.8, 4) is 0 Å². The number of amides is 2. The van der Waals surface area contributed by atoms with E-state index in [0.29, 0.717) is 5.56 Å². The number of hydrogen-bond donors (Lipinski definition) is 2. The molecule has 4 nitrogen and oxygen atoms in total. The number of hydrogen-bond acceptors (Lipinski definition) is 2. The van der Waals surface area contributed by atoms with Crippen molar-refractivity contribution >= 4 is 17.5 Å². The van der Waals surface area contributed by atoms with Crippen LogP contribution in [0.3, 0.4) is 0 Å². The largest absolute Gasteiger partial charge is 0.343 e. The van der Waals surface area contributed by atoms with E-state index in [1.807, 2.05) is 38.1 Å². The minimum Gasteiger partial charge on any atom is -0.343 e. The second kappa shape index (κ2) is 6.70. The second-order valence-electron chi connectivity index (χ2n) is 4.92. The van der Waals surface area contributed by atoms with Crippen LogP contribution in [0, 0.1) is 13.8 Å². The Balaban J connectivity index is 1.89. The first-order valence-electron chi connectivity index (χ1n) is 6.76. The molecule has 2 rings (SSSR count). The van der Waals surface area contributed by atoms with Gasteiger partial charge < -0.3 is 10.6 Å². The summed E-state index contributed by atoms with van der Waals surface area (Å²) in [5, 5.41) is 5.39. The zero-order chi connectivity index (χ0) is 15.2.